The minimum atomic E-state index is 0.240. The molecule has 0 amide bonds. The van der Waals surface area contributed by atoms with Gasteiger partial charge in [-0.2, -0.15) is 0 Å². The van der Waals surface area contributed by atoms with Crippen LogP contribution >= 0.6 is 0 Å². The summed E-state index contributed by atoms with van der Waals surface area (Å²) in [5, 5.41) is 0. The summed E-state index contributed by atoms with van der Waals surface area (Å²) in [5.74, 6) is 6.31. The van der Waals surface area contributed by atoms with Gasteiger partial charge in [-0.15, -0.1) is 0 Å². The van der Waals surface area contributed by atoms with Gasteiger partial charge >= 0.3 is 0 Å². The summed E-state index contributed by atoms with van der Waals surface area (Å²) < 4.78 is 0. The van der Waals surface area contributed by atoms with Crippen molar-refractivity contribution in [1.82, 2.24) is 5.43 Å². The molecule has 0 saturated heterocycles. The first-order valence-electron chi connectivity index (χ1n) is 6.37. The fourth-order valence-corrected chi connectivity index (χ4v) is 1.89. The molecule has 2 unspecified atom stereocenters. The lowest BCUT2D eigenvalue weighted by Crippen LogP contribution is -2.31. The number of hydrazine groups is 1. The van der Waals surface area contributed by atoms with Crippen LogP contribution in [0.15, 0.2) is 24.3 Å². The van der Waals surface area contributed by atoms with Crippen molar-refractivity contribution in [3.63, 3.8) is 0 Å². The molecular formula is C15H26N2. The molecule has 0 aliphatic heterocycles. The van der Waals surface area contributed by atoms with Crippen molar-refractivity contribution in [2.24, 2.45) is 17.2 Å². The predicted octanol–water partition coefficient (Wildman–Crippen LogP) is 3.57. The monoisotopic (exact) mass is 234 g/mol. The Bertz CT molecular complexity index is 352. The molecule has 1 aromatic carbocycles. The van der Waals surface area contributed by atoms with Gasteiger partial charge in [0.15, 0.2) is 0 Å². The topological polar surface area (TPSA) is 38.0 Å². The number of benzene rings is 1. The van der Waals surface area contributed by atoms with Gasteiger partial charge in [0.05, 0.1) is 0 Å². The molecule has 2 heteroatoms. The number of hydrogen-bond donors (Lipinski definition) is 2. The van der Waals surface area contributed by atoms with Crippen LogP contribution in [0.4, 0.5) is 0 Å². The molecule has 0 radical (unpaired) electrons. The number of hydrogen-bond acceptors (Lipinski definition) is 2. The molecule has 2 atom stereocenters. The second-order valence-electron chi connectivity index (χ2n) is 6.14. The minimum absolute atomic E-state index is 0.240. The highest BCUT2D eigenvalue weighted by atomic mass is 15.2. The van der Waals surface area contributed by atoms with Crippen LogP contribution in [0.2, 0.25) is 0 Å². The Morgan fingerprint density at radius 1 is 1.29 bits per heavy atom. The van der Waals surface area contributed by atoms with Gasteiger partial charge in [0.2, 0.25) is 0 Å². The standard InChI is InChI=1S/C15H26N2/c1-11-7-6-8-13(9-11)14(17-16)10-12(2)15(3,4)5/h6-9,12,14,17H,10,16H2,1-5H3. The zero-order valence-electron chi connectivity index (χ0n) is 11.7. The van der Waals surface area contributed by atoms with E-state index in [0.29, 0.717) is 11.3 Å². The molecule has 17 heavy (non-hydrogen) atoms. The molecular weight excluding hydrogens is 208 g/mol. The Kier molecular flexibility index (Phi) is 4.72. The number of aryl methyl sites for hydroxylation is 1. The number of nitrogens with two attached hydrogens (primary N) is 1. The molecule has 1 aromatic rings. The fraction of sp³-hybridized carbons (Fsp3) is 0.600. The molecule has 0 saturated carbocycles. The average molecular weight is 234 g/mol. The van der Waals surface area contributed by atoms with Gasteiger partial charge in [-0.3, -0.25) is 11.3 Å². The van der Waals surface area contributed by atoms with E-state index in [-0.39, 0.29) is 6.04 Å². The first-order chi connectivity index (χ1) is 7.84. The van der Waals surface area contributed by atoms with Crippen LogP contribution in [0, 0.1) is 18.3 Å². The Morgan fingerprint density at radius 2 is 1.94 bits per heavy atom. The van der Waals surface area contributed by atoms with Crippen LogP contribution in [0.1, 0.15) is 51.3 Å². The molecule has 0 aromatic heterocycles. The van der Waals surface area contributed by atoms with Crippen LogP contribution in [-0.2, 0) is 0 Å². The highest BCUT2D eigenvalue weighted by Crippen LogP contribution is 2.33. The molecule has 0 bridgehead atoms. The Labute approximate surface area is 106 Å². The van der Waals surface area contributed by atoms with Crippen LogP contribution in [0.25, 0.3) is 0 Å². The third-order valence-electron chi connectivity index (χ3n) is 3.71. The number of rotatable bonds is 4. The summed E-state index contributed by atoms with van der Waals surface area (Å²) in [6.45, 7) is 11.2. The van der Waals surface area contributed by atoms with E-state index in [9.17, 15) is 0 Å². The summed E-state index contributed by atoms with van der Waals surface area (Å²) in [7, 11) is 0. The van der Waals surface area contributed by atoms with Crippen LogP contribution in [0.3, 0.4) is 0 Å². The summed E-state index contributed by atoms with van der Waals surface area (Å²) in [5.41, 5.74) is 5.83. The van der Waals surface area contributed by atoms with E-state index in [1.54, 1.807) is 0 Å². The average Bonchev–Trinajstić information content (AvgIpc) is 2.24. The van der Waals surface area contributed by atoms with Crippen LogP contribution in [0.5, 0.6) is 0 Å². The zero-order chi connectivity index (χ0) is 13.1. The third-order valence-corrected chi connectivity index (χ3v) is 3.71. The van der Waals surface area contributed by atoms with E-state index in [4.69, 9.17) is 5.84 Å². The molecule has 3 N–H and O–H groups in total. The molecule has 0 heterocycles. The van der Waals surface area contributed by atoms with Crippen molar-refractivity contribution in [2.75, 3.05) is 0 Å². The third kappa shape index (κ3) is 4.14. The van der Waals surface area contributed by atoms with E-state index in [2.05, 4.69) is 64.3 Å². The lowest BCUT2D eigenvalue weighted by molar-refractivity contribution is 0.223. The van der Waals surface area contributed by atoms with Crippen molar-refractivity contribution in [3.05, 3.63) is 35.4 Å². The summed E-state index contributed by atoms with van der Waals surface area (Å²) in [4.78, 5) is 0. The summed E-state index contributed by atoms with van der Waals surface area (Å²) in [6, 6.07) is 8.80. The maximum Gasteiger partial charge on any atom is 0.0462 e. The lowest BCUT2D eigenvalue weighted by Gasteiger charge is -2.30. The first kappa shape index (κ1) is 14.2. The van der Waals surface area contributed by atoms with Gasteiger partial charge in [-0.1, -0.05) is 57.5 Å². The number of nitrogens with one attached hydrogen (secondary N) is 1. The zero-order valence-corrected chi connectivity index (χ0v) is 11.7. The Morgan fingerprint density at radius 3 is 2.41 bits per heavy atom. The smallest absolute Gasteiger partial charge is 0.0462 e. The Hall–Kier alpha value is -0.860. The van der Waals surface area contributed by atoms with Crippen molar-refractivity contribution in [3.8, 4) is 0 Å². The van der Waals surface area contributed by atoms with Crippen LogP contribution in [-0.4, -0.2) is 0 Å². The first-order valence-corrected chi connectivity index (χ1v) is 6.37. The minimum Gasteiger partial charge on any atom is -0.271 e. The summed E-state index contributed by atoms with van der Waals surface area (Å²) >= 11 is 0. The maximum absolute atomic E-state index is 5.70. The van der Waals surface area contributed by atoms with Crippen molar-refractivity contribution < 1.29 is 0 Å². The molecule has 1 rings (SSSR count). The van der Waals surface area contributed by atoms with Crippen molar-refractivity contribution in [2.45, 2.75) is 47.1 Å². The molecule has 0 spiro atoms. The molecule has 0 fully saturated rings. The Balaban J connectivity index is 2.79. The van der Waals surface area contributed by atoms with E-state index in [0.717, 1.165) is 6.42 Å². The van der Waals surface area contributed by atoms with Crippen LogP contribution < -0.4 is 11.3 Å². The van der Waals surface area contributed by atoms with E-state index >= 15 is 0 Å². The van der Waals surface area contributed by atoms with Gasteiger partial charge in [0.1, 0.15) is 0 Å². The van der Waals surface area contributed by atoms with Crippen molar-refractivity contribution in [1.29, 1.82) is 0 Å². The second kappa shape index (κ2) is 5.65. The molecule has 2 nitrogen and oxygen atoms in total. The quantitative estimate of drug-likeness (QED) is 0.617. The summed E-state index contributed by atoms with van der Waals surface area (Å²) in [6.07, 6.45) is 1.06. The highest BCUT2D eigenvalue weighted by molar-refractivity contribution is 5.25. The lowest BCUT2D eigenvalue weighted by atomic mass is 9.77. The van der Waals surface area contributed by atoms with Gasteiger partial charge in [-0.05, 0) is 30.2 Å². The molecule has 0 aliphatic carbocycles. The van der Waals surface area contributed by atoms with E-state index < -0.39 is 0 Å². The SMILES string of the molecule is Cc1cccc(C(CC(C)C(C)(C)C)NN)c1. The van der Waals surface area contributed by atoms with Crippen molar-refractivity contribution >= 4 is 0 Å². The van der Waals surface area contributed by atoms with Gasteiger partial charge in [0, 0.05) is 6.04 Å². The van der Waals surface area contributed by atoms with E-state index in [1.807, 2.05) is 0 Å². The molecule has 96 valence electrons. The predicted molar refractivity (Wildman–Crippen MR) is 74.5 cm³/mol. The fourth-order valence-electron chi connectivity index (χ4n) is 1.89. The second-order valence-corrected chi connectivity index (χ2v) is 6.14. The largest absolute Gasteiger partial charge is 0.271 e. The van der Waals surface area contributed by atoms with Gasteiger partial charge in [-0.25, -0.2) is 0 Å². The van der Waals surface area contributed by atoms with Gasteiger partial charge < -0.3 is 0 Å². The molecule has 0 aliphatic rings. The van der Waals surface area contributed by atoms with Gasteiger partial charge in [0.25, 0.3) is 0 Å². The normalized spacial score (nSPS) is 15.6. The maximum atomic E-state index is 5.70. The van der Waals surface area contributed by atoms with E-state index in [1.165, 1.54) is 11.1 Å². The highest BCUT2D eigenvalue weighted by Gasteiger charge is 2.23.